The first-order chi connectivity index (χ1) is 9.49. The number of nitrogens with zero attached hydrogens (tertiary/aromatic N) is 2. The van der Waals surface area contributed by atoms with E-state index >= 15 is 0 Å². The van der Waals surface area contributed by atoms with Gasteiger partial charge in [0.05, 0.1) is 11.8 Å². The fourth-order valence-electron chi connectivity index (χ4n) is 2.13. The summed E-state index contributed by atoms with van der Waals surface area (Å²) < 4.78 is 13.1. The summed E-state index contributed by atoms with van der Waals surface area (Å²) in [4.78, 5) is 29.3. The second-order valence-electron chi connectivity index (χ2n) is 4.72. The van der Waals surface area contributed by atoms with Crippen LogP contribution in [-0.4, -0.2) is 40.8 Å². The van der Waals surface area contributed by atoms with Gasteiger partial charge in [0.1, 0.15) is 17.0 Å². The van der Waals surface area contributed by atoms with Crippen LogP contribution in [0.1, 0.15) is 30.1 Å². The molecule has 1 atom stereocenters. The van der Waals surface area contributed by atoms with Crippen molar-refractivity contribution in [2.75, 3.05) is 13.1 Å². The van der Waals surface area contributed by atoms with Crippen molar-refractivity contribution < 1.29 is 14.0 Å². The Labute approximate surface area is 121 Å². The molecule has 1 N–H and O–H groups in total. The zero-order valence-electron chi connectivity index (χ0n) is 11.0. The summed E-state index contributed by atoms with van der Waals surface area (Å²) in [5.41, 5.74) is -0.0762. The third-order valence-electron chi connectivity index (χ3n) is 3.19. The van der Waals surface area contributed by atoms with Crippen LogP contribution in [0.15, 0.2) is 12.3 Å². The Balaban J connectivity index is 2.03. The van der Waals surface area contributed by atoms with Gasteiger partial charge in [-0.2, -0.15) is 0 Å². The minimum atomic E-state index is -0.681. The van der Waals surface area contributed by atoms with Crippen LogP contribution in [0.2, 0.25) is 5.15 Å². The standard InChI is InChI=1S/C13H15ClFN3O2/c1-8(13(20)18-4-2-3-5-18)17-12(19)10-6-9(15)7-16-11(10)14/h6-8H,2-5H2,1H3,(H,17,19). The maximum Gasteiger partial charge on any atom is 0.255 e. The van der Waals surface area contributed by atoms with E-state index in [0.29, 0.717) is 13.1 Å². The van der Waals surface area contributed by atoms with Gasteiger partial charge in [0.2, 0.25) is 5.91 Å². The summed E-state index contributed by atoms with van der Waals surface area (Å²) in [5.74, 6) is -1.41. The predicted octanol–water partition coefficient (Wildman–Crippen LogP) is 1.61. The lowest BCUT2D eigenvalue weighted by atomic mass is 10.2. The summed E-state index contributed by atoms with van der Waals surface area (Å²) in [7, 11) is 0. The summed E-state index contributed by atoms with van der Waals surface area (Å²) in [6.07, 6.45) is 2.88. The second-order valence-corrected chi connectivity index (χ2v) is 5.08. The average molecular weight is 300 g/mol. The molecule has 0 spiro atoms. The number of hydrogen-bond acceptors (Lipinski definition) is 3. The van der Waals surface area contributed by atoms with Crippen LogP contribution in [0.4, 0.5) is 4.39 Å². The van der Waals surface area contributed by atoms with Crippen LogP contribution in [0.25, 0.3) is 0 Å². The molecule has 2 rings (SSSR count). The van der Waals surface area contributed by atoms with Crippen molar-refractivity contribution in [1.29, 1.82) is 0 Å². The third-order valence-corrected chi connectivity index (χ3v) is 3.49. The number of amides is 2. The van der Waals surface area contributed by atoms with E-state index in [9.17, 15) is 14.0 Å². The van der Waals surface area contributed by atoms with Gasteiger partial charge in [-0.25, -0.2) is 9.37 Å². The van der Waals surface area contributed by atoms with Crippen LogP contribution in [0, 0.1) is 5.82 Å². The maximum atomic E-state index is 13.1. The largest absolute Gasteiger partial charge is 0.341 e. The third kappa shape index (κ3) is 3.25. The van der Waals surface area contributed by atoms with Gasteiger partial charge >= 0.3 is 0 Å². The summed E-state index contributed by atoms with van der Waals surface area (Å²) in [6, 6.07) is 0.317. The molecule has 2 heterocycles. The van der Waals surface area contributed by atoms with Gasteiger partial charge in [-0.3, -0.25) is 9.59 Å². The van der Waals surface area contributed by atoms with Gasteiger partial charge in [0, 0.05) is 13.1 Å². The van der Waals surface area contributed by atoms with Crippen LogP contribution in [0.3, 0.4) is 0 Å². The number of rotatable bonds is 3. The molecule has 1 saturated heterocycles. The van der Waals surface area contributed by atoms with Crippen molar-refractivity contribution >= 4 is 23.4 Å². The highest BCUT2D eigenvalue weighted by atomic mass is 35.5. The molecule has 0 aromatic carbocycles. The molecule has 0 aliphatic carbocycles. The zero-order chi connectivity index (χ0) is 14.7. The molecule has 5 nitrogen and oxygen atoms in total. The first kappa shape index (κ1) is 14.7. The molecule has 1 aliphatic rings. The van der Waals surface area contributed by atoms with Gasteiger partial charge in [-0.1, -0.05) is 11.6 Å². The smallest absolute Gasteiger partial charge is 0.255 e. The van der Waals surface area contributed by atoms with Gasteiger partial charge in [-0.15, -0.1) is 0 Å². The topological polar surface area (TPSA) is 62.3 Å². The number of halogens is 2. The van der Waals surface area contributed by atoms with Crippen molar-refractivity contribution in [2.24, 2.45) is 0 Å². The number of hydrogen-bond donors (Lipinski definition) is 1. The molecule has 0 bridgehead atoms. The number of nitrogens with one attached hydrogen (secondary N) is 1. The molecule has 0 radical (unpaired) electrons. The molecular formula is C13H15ClFN3O2. The lowest BCUT2D eigenvalue weighted by Crippen LogP contribution is -2.46. The van der Waals surface area contributed by atoms with Crippen LogP contribution >= 0.6 is 11.6 Å². The summed E-state index contributed by atoms with van der Waals surface area (Å²) in [5, 5.41) is 2.43. The lowest BCUT2D eigenvalue weighted by molar-refractivity contribution is -0.131. The maximum absolute atomic E-state index is 13.1. The molecule has 2 amide bonds. The molecule has 1 unspecified atom stereocenters. The summed E-state index contributed by atoms with van der Waals surface area (Å²) >= 11 is 5.75. The van der Waals surface area contributed by atoms with Crippen molar-refractivity contribution in [3.63, 3.8) is 0 Å². The van der Waals surface area contributed by atoms with Crippen LogP contribution < -0.4 is 5.32 Å². The van der Waals surface area contributed by atoms with E-state index < -0.39 is 17.8 Å². The molecule has 108 valence electrons. The Hall–Kier alpha value is -1.69. The molecule has 1 aromatic heterocycles. The molecule has 1 aromatic rings. The lowest BCUT2D eigenvalue weighted by Gasteiger charge is -2.21. The number of carbonyl (C=O) groups excluding carboxylic acids is 2. The molecule has 20 heavy (non-hydrogen) atoms. The van der Waals surface area contributed by atoms with E-state index in [1.807, 2.05) is 0 Å². The zero-order valence-corrected chi connectivity index (χ0v) is 11.8. The minimum Gasteiger partial charge on any atom is -0.341 e. The van der Waals surface area contributed by atoms with Crippen LogP contribution in [-0.2, 0) is 4.79 Å². The van der Waals surface area contributed by atoms with Crippen molar-refractivity contribution in [1.82, 2.24) is 15.2 Å². The Morgan fingerprint density at radius 3 is 2.75 bits per heavy atom. The number of carbonyl (C=O) groups is 2. The van der Waals surface area contributed by atoms with Crippen molar-refractivity contribution in [2.45, 2.75) is 25.8 Å². The van der Waals surface area contributed by atoms with E-state index in [2.05, 4.69) is 10.3 Å². The highest BCUT2D eigenvalue weighted by Crippen LogP contribution is 2.14. The normalized spacial score (nSPS) is 16.1. The Morgan fingerprint density at radius 2 is 2.10 bits per heavy atom. The molecule has 1 aliphatic heterocycles. The van der Waals surface area contributed by atoms with E-state index in [0.717, 1.165) is 25.1 Å². The van der Waals surface area contributed by atoms with Crippen molar-refractivity contribution in [3.05, 3.63) is 28.8 Å². The SMILES string of the molecule is CC(NC(=O)c1cc(F)cnc1Cl)C(=O)N1CCCC1. The number of pyridine rings is 1. The summed E-state index contributed by atoms with van der Waals surface area (Å²) in [6.45, 7) is 3.02. The van der Waals surface area contributed by atoms with Gasteiger partial charge in [0.25, 0.3) is 5.91 Å². The fourth-order valence-corrected chi connectivity index (χ4v) is 2.32. The molecule has 1 fully saturated rings. The van der Waals surface area contributed by atoms with Crippen LogP contribution in [0.5, 0.6) is 0 Å². The highest BCUT2D eigenvalue weighted by molar-refractivity contribution is 6.32. The molecule has 0 saturated carbocycles. The van der Waals surface area contributed by atoms with Crippen molar-refractivity contribution in [3.8, 4) is 0 Å². The second kappa shape index (κ2) is 6.17. The Bertz CT molecular complexity index is 532. The highest BCUT2D eigenvalue weighted by Gasteiger charge is 2.25. The fraction of sp³-hybridized carbons (Fsp3) is 0.462. The monoisotopic (exact) mass is 299 g/mol. The van der Waals surface area contributed by atoms with Gasteiger partial charge < -0.3 is 10.2 Å². The predicted molar refractivity (Wildman–Crippen MR) is 71.9 cm³/mol. The average Bonchev–Trinajstić information content (AvgIpc) is 2.94. The number of aromatic nitrogens is 1. The van der Waals surface area contributed by atoms with Gasteiger partial charge in [0.15, 0.2) is 0 Å². The first-order valence-electron chi connectivity index (χ1n) is 6.39. The first-order valence-corrected chi connectivity index (χ1v) is 6.77. The quantitative estimate of drug-likeness (QED) is 0.863. The Kier molecular flexibility index (Phi) is 4.54. The Morgan fingerprint density at radius 1 is 1.45 bits per heavy atom. The van der Waals surface area contributed by atoms with E-state index in [1.54, 1.807) is 11.8 Å². The van der Waals surface area contributed by atoms with E-state index in [4.69, 9.17) is 11.6 Å². The number of likely N-dealkylation sites (tertiary alicyclic amines) is 1. The minimum absolute atomic E-state index is 0.0762. The van der Waals surface area contributed by atoms with E-state index in [1.165, 1.54) is 0 Å². The van der Waals surface area contributed by atoms with Gasteiger partial charge in [-0.05, 0) is 25.8 Å². The van der Waals surface area contributed by atoms with E-state index in [-0.39, 0.29) is 16.6 Å². The molecule has 7 heteroatoms. The molecular weight excluding hydrogens is 285 g/mol.